The zero-order valence-electron chi connectivity index (χ0n) is 30.1. The van der Waals surface area contributed by atoms with Gasteiger partial charge >= 0.3 is 0 Å². The first kappa shape index (κ1) is 31.0. The molecular weight excluding hydrogens is 683 g/mol. The first-order valence-corrected chi connectivity index (χ1v) is 19.0. The maximum atomic E-state index is 6.26. The smallest absolute Gasteiger partial charge is 0.164 e. The lowest BCUT2D eigenvalue weighted by atomic mass is 9.70. The topological polar surface area (TPSA) is 51.8 Å². The zero-order chi connectivity index (χ0) is 36.8. The Balaban J connectivity index is 1.00. The third-order valence-corrected chi connectivity index (χ3v) is 11.8. The van der Waals surface area contributed by atoms with Gasteiger partial charge in [-0.25, -0.2) is 15.0 Å². The summed E-state index contributed by atoms with van der Waals surface area (Å²) in [5, 5.41) is 2.16. The molecule has 4 nitrogen and oxygen atoms in total. The van der Waals surface area contributed by atoms with Crippen molar-refractivity contribution in [3.05, 3.63) is 210 Å². The summed E-state index contributed by atoms with van der Waals surface area (Å²) in [6.07, 6.45) is 0. The summed E-state index contributed by atoms with van der Waals surface area (Å²) in [7, 11) is 0. The van der Waals surface area contributed by atoms with Gasteiger partial charge in [-0.2, -0.15) is 0 Å². The Morgan fingerprint density at radius 3 is 1.50 bits per heavy atom. The largest absolute Gasteiger partial charge is 0.456 e. The van der Waals surface area contributed by atoms with Crippen LogP contribution in [0.1, 0.15) is 22.3 Å². The highest BCUT2D eigenvalue weighted by Crippen LogP contribution is 2.63. The van der Waals surface area contributed by atoms with Crippen LogP contribution in [0.3, 0.4) is 0 Å². The van der Waals surface area contributed by atoms with E-state index in [2.05, 4.69) is 133 Å². The minimum Gasteiger partial charge on any atom is -0.456 e. The molecule has 0 atom stereocenters. The molecule has 0 fully saturated rings. The molecule has 2 heterocycles. The number of fused-ring (bicyclic) bond motifs is 13. The van der Waals surface area contributed by atoms with E-state index in [1.807, 2.05) is 54.6 Å². The van der Waals surface area contributed by atoms with E-state index in [4.69, 9.17) is 19.4 Å². The Kier molecular flexibility index (Phi) is 6.52. The van der Waals surface area contributed by atoms with Crippen molar-refractivity contribution in [2.24, 2.45) is 0 Å². The highest BCUT2D eigenvalue weighted by Gasteiger charge is 2.51. The van der Waals surface area contributed by atoms with Gasteiger partial charge < -0.3 is 4.42 Å². The van der Waals surface area contributed by atoms with Crippen LogP contribution in [0.15, 0.2) is 192 Å². The number of aromatic nitrogens is 3. The van der Waals surface area contributed by atoms with Crippen molar-refractivity contribution in [2.45, 2.75) is 5.41 Å². The van der Waals surface area contributed by atoms with Crippen molar-refractivity contribution < 1.29 is 4.42 Å². The van der Waals surface area contributed by atoms with Crippen LogP contribution in [-0.4, -0.2) is 15.0 Å². The highest BCUT2D eigenvalue weighted by atomic mass is 16.3. The Bertz CT molecular complexity index is 3170. The molecule has 0 N–H and O–H groups in total. The van der Waals surface area contributed by atoms with Gasteiger partial charge in [-0.05, 0) is 86.0 Å². The molecule has 0 radical (unpaired) electrons. The van der Waals surface area contributed by atoms with Crippen LogP contribution in [0, 0.1) is 0 Å². The number of hydrogen-bond donors (Lipinski definition) is 0. The molecule has 0 bridgehead atoms. The van der Waals surface area contributed by atoms with Crippen molar-refractivity contribution >= 4 is 21.9 Å². The second-order valence-corrected chi connectivity index (χ2v) is 14.7. The van der Waals surface area contributed by atoms with Gasteiger partial charge in [0.2, 0.25) is 0 Å². The molecule has 10 aromatic rings. The normalized spacial score (nSPS) is 13.1. The third-order valence-electron chi connectivity index (χ3n) is 11.8. The van der Waals surface area contributed by atoms with Crippen LogP contribution >= 0.6 is 0 Å². The second-order valence-electron chi connectivity index (χ2n) is 14.7. The van der Waals surface area contributed by atoms with E-state index in [9.17, 15) is 0 Å². The fourth-order valence-corrected chi connectivity index (χ4v) is 9.33. The number of para-hydroxylation sites is 1. The number of hydrogen-bond acceptors (Lipinski definition) is 4. The highest BCUT2D eigenvalue weighted by molar-refractivity contribution is 6.05. The summed E-state index contributed by atoms with van der Waals surface area (Å²) < 4.78 is 6.26. The Morgan fingerprint density at radius 1 is 0.304 bits per heavy atom. The summed E-state index contributed by atoms with van der Waals surface area (Å²) in [6, 6.07) is 66.9. The Labute approximate surface area is 323 Å². The van der Waals surface area contributed by atoms with Crippen LogP contribution in [0.5, 0.6) is 0 Å². The van der Waals surface area contributed by atoms with Crippen LogP contribution in [0.4, 0.5) is 0 Å². The summed E-state index contributed by atoms with van der Waals surface area (Å²) in [5.74, 6) is 1.83. The van der Waals surface area contributed by atoms with Crippen molar-refractivity contribution in [1.82, 2.24) is 15.0 Å². The van der Waals surface area contributed by atoms with Crippen LogP contribution < -0.4 is 0 Å². The lowest BCUT2D eigenvalue weighted by Gasteiger charge is -2.30. The fourth-order valence-electron chi connectivity index (χ4n) is 9.33. The van der Waals surface area contributed by atoms with E-state index < -0.39 is 0 Å². The Morgan fingerprint density at radius 2 is 0.786 bits per heavy atom. The molecule has 12 rings (SSSR count). The summed E-state index contributed by atoms with van der Waals surface area (Å²) in [4.78, 5) is 15.2. The maximum absolute atomic E-state index is 6.26. The van der Waals surface area contributed by atoms with Crippen LogP contribution in [0.25, 0.3) is 89.5 Å². The minimum absolute atomic E-state index is 0.361. The molecule has 1 spiro atoms. The predicted octanol–water partition coefficient (Wildman–Crippen LogP) is 12.8. The molecule has 0 amide bonds. The van der Waals surface area contributed by atoms with E-state index >= 15 is 0 Å². The van der Waals surface area contributed by atoms with Gasteiger partial charge in [0.15, 0.2) is 17.5 Å². The van der Waals surface area contributed by atoms with E-state index in [-0.39, 0.29) is 5.41 Å². The molecule has 0 saturated heterocycles. The van der Waals surface area contributed by atoms with Crippen molar-refractivity contribution in [3.63, 3.8) is 0 Å². The monoisotopic (exact) mass is 713 g/mol. The zero-order valence-corrected chi connectivity index (χ0v) is 30.1. The predicted molar refractivity (Wildman–Crippen MR) is 225 cm³/mol. The summed E-state index contributed by atoms with van der Waals surface area (Å²) in [5.41, 5.74) is 16.8. The van der Waals surface area contributed by atoms with Gasteiger partial charge in [-0.3, -0.25) is 0 Å². The SMILES string of the molecule is c1ccc(-c2nc(-c3cccc(-c4ccc5c(c4)-c4ccccc4C54c5ccccc5-c5ccccc54)c3)nc(-c3ccc4c(c3)oc3ccccc34)n2)cc1. The molecule has 2 aromatic heterocycles. The van der Waals surface area contributed by atoms with E-state index in [1.54, 1.807) is 0 Å². The number of nitrogens with zero attached hydrogens (tertiary/aromatic N) is 3. The molecule has 2 aliphatic carbocycles. The van der Waals surface area contributed by atoms with E-state index in [0.29, 0.717) is 17.5 Å². The van der Waals surface area contributed by atoms with Crippen molar-refractivity contribution in [2.75, 3.05) is 0 Å². The van der Waals surface area contributed by atoms with Gasteiger partial charge in [0.25, 0.3) is 0 Å². The fraction of sp³-hybridized carbons (Fsp3) is 0.0192. The molecule has 4 heteroatoms. The third kappa shape index (κ3) is 4.38. The molecular formula is C52H31N3O. The standard InChI is InChI=1S/C52H31N3O/c1-2-13-32(14-3-1)49-53-50(55-51(54-49)36-25-27-41-40-20-7-11-24-47(40)56-48(41)31-36)35-16-12-15-33(29-35)34-26-28-46-42(30-34)39-19-6-10-23-45(39)52(46)43-21-8-4-17-37(43)38-18-5-9-22-44(38)52/h1-31H. The maximum Gasteiger partial charge on any atom is 0.164 e. The number of benzene rings is 8. The quantitative estimate of drug-likeness (QED) is 0.182. The molecule has 56 heavy (non-hydrogen) atoms. The van der Waals surface area contributed by atoms with Crippen LogP contribution in [0.2, 0.25) is 0 Å². The molecule has 0 saturated carbocycles. The van der Waals surface area contributed by atoms with E-state index in [1.165, 1.54) is 44.5 Å². The molecule has 2 aliphatic rings. The second kappa shape index (κ2) is 11.8. The van der Waals surface area contributed by atoms with Gasteiger partial charge in [0.1, 0.15) is 11.2 Å². The van der Waals surface area contributed by atoms with Gasteiger partial charge in [-0.15, -0.1) is 0 Å². The van der Waals surface area contributed by atoms with Crippen molar-refractivity contribution in [1.29, 1.82) is 0 Å². The number of furan rings is 1. The first-order valence-electron chi connectivity index (χ1n) is 19.0. The van der Waals surface area contributed by atoms with E-state index in [0.717, 1.165) is 49.8 Å². The average molecular weight is 714 g/mol. The lowest BCUT2D eigenvalue weighted by Crippen LogP contribution is -2.25. The van der Waals surface area contributed by atoms with Crippen LogP contribution in [-0.2, 0) is 5.41 Å². The summed E-state index contributed by atoms with van der Waals surface area (Å²) >= 11 is 0. The number of rotatable bonds is 4. The molecule has 260 valence electrons. The molecule has 0 unspecified atom stereocenters. The average Bonchev–Trinajstić information content (AvgIpc) is 3.90. The first-order chi connectivity index (χ1) is 27.7. The lowest BCUT2D eigenvalue weighted by molar-refractivity contribution is 0.669. The van der Waals surface area contributed by atoms with Gasteiger partial charge in [-0.1, -0.05) is 158 Å². The van der Waals surface area contributed by atoms with Crippen molar-refractivity contribution in [3.8, 4) is 67.5 Å². The summed E-state index contributed by atoms with van der Waals surface area (Å²) in [6.45, 7) is 0. The molecule has 0 aliphatic heterocycles. The van der Waals surface area contributed by atoms with Gasteiger partial charge in [0, 0.05) is 27.5 Å². The minimum atomic E-state index is -0.361. The Hall–Kier alpha value is -7.43. The van der Waals surface area contributed by atoms with Gasteiger partial charge in [0.05, 0.1) is 5.41 Å². The molecule has 8 aromatic carbocycles.